The van der Waals surface area contributed by atoms with Gasteiger partial charge in [-0.25, -0.2) is 4.98 Å². The number of rotatable bonds is 4. The maximum Gasteiger partial charge on any atom is 0.244 e. The zero-order chi connectivity index (χ0) is 26.5. The number of halogens is 1. The Labute approximate surface area is 224 Å². The first-order valence-electron chi connectivity index (χ1n) is 12.4. The molecular formula is C27H27ClN8O2. The van der Waals surface area contributed by atoms with Gasteiger partial charge < -0.3 is 15.6 Å². The minimum atomic E-state index is -0.331. The molecule has 2 aromatic heterocycles. The van der Waals surface area contributed by atoms with Crippen molar-refractivity contribution in [3.05, 3.63) is 77.5 Å². The van der Waals surface area contributed by atoms with Crippen LogP contribution in [0, 0.1) is 5.92 Å². The van der Waals surface area contributed by atoms with Gasteiger partial charge in [-0.15, -0.1) is 5.10 Å². The number of hydrogen-bond donors (Lipinski definition) is 3. The molecule has 0 spiro atoms. The number of H-pyrrole nitrogens is 1. The standard InChI is InChI=1S/C27H27ClN8O2/c1-17-5-4-8-22(27-29-15-23(33-27)20-6-2-3-7-21(20)31-26(38)13-17)32-25(37)12-9-18-14-19(28)10-11-24(18)36-16-30-34-35-36/h2-3,6-7,9-12,14-17,22H,4-5,8,13H2,1H3,(H,29,33)(H,31,38)(H,32,37)/b12-9+/t17?,22-/m0/s1. The maximum absolute atomic E-state index is 13.0. The van der Waals surface area contributed by atoms with E-state index in [-0.39, 0.29) is 23.8 Å². The molecule has 1 aliphatic rings. The van der Waals surface area contributed by atoms with Crippen LogP contribution < -0.4 is 10.6 Å². The Morgan fingerprint density at radius 1 is 1.21 bits per heavy atom. The van der Waals surface area contributed by atoms with E-state index in [9.17, 15) is 9.59 Å². The minimum absolute atomic E-state index is 0.0130. The van der Waals surface area contributed by atoms with Gasteiger partial charge in [-0.2, -0.15) is 4.68 Å². The van der Waals surface area contributed by atoms with Crippen LogP contribution in [0.2, 0.25) is 5.02 Å². The van der Waals surface area contributed by atoms with E-state index in [0.717, 1.165) is 29.8 Å². The Bertz CT molecular complexity index is 1460. The number of para-hydroxylation sites is 1. The van der Waals surface area contributed by atoms with Gasteiger partial charge in [0.1, 0.15) is 12.2 Å². The first-order valence-corrected chi connectivity index (χ1v) is 12.8. The molecule has 38 heavy (non-hydrogen) atoms. The topological polar surface area (TPSA) is 130 Å². The third-order valence-corrected chi connectivity index (χ3v) is 6.69. The van der Waals surface area contributed by atoms with Gasteiger partial charge >= 0.3 is 0 Å². The Morgan fingerprint density at radius 2 is 2.08 bits per heavy atom. The summed E-state index contributed by atoms with van der Waals surface area (Å²) in [5.41, 5.74) is 3.72. The second kappa shape index (κ2) is 11.4. The molecule has 11 heteroatoms. The number of fused-ring (bicyclic) bond motifs is 4. The number of anilines is 1. The van der Waals surface area contributed by atoms with E-state index >= 15 is 0 Å². The normalized spacial score (nSPS) is 18.1. The van der Waals surface area contributed by atoms with E-state index in [1.165, 1.54) is 17.1 Å². The summed E-state index contributed by atoms with van der Waals surface area (Å²) in [6.07, 6.45) is 9.13. The molecule has 3 heterocycles. The summed E-state index contributed by atoms with van der Waals surface area (Å²) in [4.78, 5) is 33.6. The SMILES string of the molecule is CC1CCC[C@H](NC(=O)/C=C/c2cc(Cl)ccc2-n2cnnn2)c2ncc([nH]2)-c2ccccc2NC(=O)C1. The summed E-state index contributed by atoms with van der Waals surface area (Å²) in [5.74, 6) is 0.580. The summed E-state index contributed by atoms with van der Waals surface area (Å²) < 4.78 is 1.51. The number of carbonyl (C=O) groups excluding carboxylic acids is 2. The predicted molar refractivity (Wildman–Crippen MR) is 144 cm³/mol. The molecule has 2 aromatic carbocycles. The number of aromatic nitrogens is 6. The average molecular weight is 531 g/mol. The Hall–Kier alpha value is -4.31. The van der Waals surface area contributed by atoms with E-state index in [0.29, 0.717) is 34.9 Å². The third-order valence-electron chi connectivity index (χ3n) is 6.46. The van der Waals surface area contributed by atoms with Gasteiger partial charge in [0.15, 0.2) is 0 Å². The number of amides is 2. The van der Waals surface area contributed by atoms with Crippen LogP contribution in [0.4, 0.5) is 5.69 Å². The maximum atomic E-state index is 13.0. The molecule has 0 saturated heterocycles. The van der Waals surface area contributed by atoms with Gasteiger partial charge in [0.2, 0.25) is 11.8 Å². The van der Waals surface area contributed by atoms with Gasteiger partial charge in [0, 0.05) is 28.6 Å². The smallest absolute Gasteiger partial charge is 0.244 e. The second-order valence-electron chi connectivity index (χ2n) is 9.37. The van der Waals surface area contributed by atoms with Gasteiger partial charge in [-0.05, 0) is 53.1 Å². The second-order valence-corrected chi connectivity index (χ2v) is 9.80. The fraction of sp³-hybridized carbons (Fsp3) is 0.259. The van der Waals surface area contributed by atoms with Crippen LogP contribution in [0.3, 0.4) is 0 Å². The third kappa shape index (κ3) is 5.97. The Balaban J connectivity index is 1.39. The van der Waals surface area contributed by atoms with Gasteiger partial charge in [0.05, 0.1) is 29.3 Å². The summed E-state index contributed by atoms with van der Waals surface area (Å²) in [6.45, 7) is 2.07. The van der Waals surface area contributed by atoms with E-state index in [2.05, 4.69) is 43.1 Å². The molecule has 5 rings (SSSR count). The number of benzene rings is 2. The van der Waals surface area contributed by atoms with Crippen LogP contribution in [0.25, 0.3) is 23.0 Å². The van der Waals surface area contributed by atoms with Crippen molar-refractivity contribution >= 4 is 35.2 Å². The molecular weight excluding hydrogens is 504 g/mol. The van der Waals surface area contributed by atoms with Crippen molar-refractivity contribution in [3.63, 3.8) is 0 Å². The molecule has 2 bridgehead atoms. The number of hydrogen-bond acceptors (Lipinski definition) is 6. The molecule has 3 N–H and O–H groups in total. The number of nitrogens with one attached hydrogen (secondary N) is 3. The lowest BCUT2D eigenvalue weighted by molar-refractivity contribution is -0.117. The summed E-state index contributed by atoms with van der Waals surface area (Å²) in [6, 6.07) is 12.5. The fourth-order valence-electron chi connectivity index (χ4n) is 4.57. The van der Waals surface area contributed by atoms with E-state index in [1.54, 1.807) is 30.5 Å². The van der Waals surface area contributed by atoms with Crippen LogP contribution in [-0.4, -0.2) is 42.0 Å². The molecule has 0 fully saturated rings. The highest BCUT2D eigenvalue weighted by Crippen LogP contribution is 2.30. The Kier molecular flexibility index (Phi) is 7.60. The molecule has 2 amide bonds. The Morgan fingerprint density at radius 3 is 2.92 bits per heavy atom. The fourth-order valence-corrected chi connectivity index (χ4v) is 4.75. The molecule has 2 atom stereocenters. The number of imidazole rings is 1. The van der Waals surface area contributed by atoms with E-state index in [1.807, 2.05) is 24.3 Å². The van der Waals surface area contributed by atoms with Crippen LogP contribution in [0.1, 0.15) is 50.0 Å². The van der Waals surface area contributed by atoms with Crippen molar-refractivity contribution in [2.45, 2.75) is 38.6 Å². The summed E-state index contributed by atoms with van der Waals surface area (Å²) >= 11 is 6.20. The summed E-state index contributed by atoms with van der Waals surface area (Å²) in [7, 11) is 0. The highest BCUT2D eigenvalue weighted by molar-refractivity contribution is 6.30. The van der Waals surface area contributed by atoms with E-state index in [4.69, 9.17) is 11.6 Å². The van der Waals surface area contributed by atoms with Gasteiger partial charge in [0.25, 0.3) is 0 Å². The predicted octanol–water partition coefficient (Wildman–Crippen LogP) is 4.73. The summed E-state index contributed by atoms with van der Waals surface area (Å²) in [5, 5.41) is 17.9. The first kappa shape index (κ1) is 25.3. The van der Waals surface area contributed by atoms with Gasteiger partial charge in [-0.1, -0.05) is 49.6 Å². The van der Waals surface area contributed by atoms with E-state index < -0.39 is 0 Å². The van der Waals surface area contributed by atoms with Crippen molar-refractivity contribution < 1.29 is 9.59 Å². The minimum Gasteiger partial charge on any atom is -0.343 e. The first-order chi connectivity index (χ1) is 18.5. The number of carbonyl (C=O) groups is 2. The molecule has 0 aliphatic carbocycles. The number of tetrazole rings is 1. The largest absolute Gasteiger partial charge is 0.343 e. The van der Waals surface area contributed by atoms with Crippen LogP contribution >= 0.6 is 11.6 Å². The van der Waals surface area contributed by atoms with Crippen molar-refractivity contribution in [1.82, 2.24) is 35.5 Å². The molecule has 194 valence electrons. The lowest BCUT2D eigenvalue weighted by atomic mass is 9.98. The van der Waals surface area contributed by atoms with Crippen molar-refractivity contribution in [3.8, 4) is 16.9 Å². The quantitative estimate of drug-likeness (QED) is 0.327. The van der Waals surface area contributed by atoms with Crippen molar-refractivity contribution in [2.24, 2.45) is 5.92 Å². The van der Waals surface area contributed by atoms with Gasteiger partial charge in [-0.3, -0.25) is 9.59 Å². The lowest BCUT2D eigenvalue weighted by Gasteiger charge is -2.17. The highest BCUT2D eigenvalue weighted by Gasteiger charge is 2.21. The number of nitrogens with zero attached hydrogens (tertiary/aromatic N) is 5. The molecule has 4 aromatic rings. The molecule has 1 aliphatic heterocycles. The van der Waals surface area contributed by atoms with Crippen molar-refractivity contribution in [2.75, 3.05) is 5.32 Å². The van der Waals surface area contributed by atoms with Crippen LogP contribution in [0.15, 0.2) is 61.1 Å². The molecule has 0 radical (unpaired) electrons. The molecule has 0 saturated carbocycles. The average Bonchev–Trinajstić information content (AvgIpc) is 3.60. The molecule has 10 nitrogen and oxygen atoms in total. The van der Waals surface area contributed by atoms with Crippen LogP contribution in [0.5, 0.6) is 0 Å². The highest BCUT2D eigenvalue weighted by atomic mass is 35.5. The number of aromatic amines is 1. The lowest BCUT2D eigenvalue weighted by Crippen LogP contribution is -2.28. The zero-order valence-corrected chi connectivity index (χ0v) is 21.5. The molecule has 1 unspecified atom stereocenters. The van der Waals surface area contributed by atoms with Crippen molar-refractivity contribution in [1.29, 1.82) is 0 Å². The monoisotopic (exact) mass is 530 g/mol. The zero-order valence-electron chi connectivity index (χ0n) is 20.8. The van der Waals surface area contributed by atoms with Crippen LogP contribution in [-0.2, 0) is 9.59 Å².